The molecule has 0 radical (unpaired) electrons. The van der Waals surface area contributed by atoms with Crippen molar-refractivity contribution in [2.24, 2.45) is 0 Å². The Morgan fingerprint density at radius 3 is 2.50 bits per heavy atom. The van der Waals surface area contributed by atoms with Crippen molar-refractivity contribution in [3.8, 4) is 0 Å². The van der Waals surface area contributed by atoms with E-state index in [4.69, 9.17) is 11.6 Å². The molecule has 0 spiro atoms. The lowest BCUT2D eigenvalue weighted by Gasteiger charge is -2.11. The number of hydrogen-bond acceptors (Lipinski definition) is 1. The summed E-state index contributed by atoms with van der Waals surface area (Å²) in [5.41, 5.74) is 3.22. The zero-order chi connectivity index (χ0) is 14.9. The van der Waals surface area contributed by atoms with E-state index >= 15 is 0 Å². The molecule has 0 heterocycles. The smallest absolute Gasteiger partial charge is 0.256 e. The Labute approximate surface area is 139 Å². The van der Waals surface area contributed by atoms with Crippen LogP contribution in [-0.4, -0.2) is 5.91 Å². The summed E-state index contributed by atoms with van der Waals surface area (Å²) in [4.78, 5) is 12.3. The maximum absolute atomic E-state index is 12.3. The van der Waals surface area contributed by atoms with E-state index in [0.717, 1.165) is 20.1 Å². The third-order valence-corrected chi connectivity index (χ3v) is 4.62. The number of halogens is 3. The molecule has 0 aliphatic rings. The van der Waals surface area contributed by atoms with Gasteiger partial charge in [-0.1, -0.05) is 23.2 Å². The summed E-state index contributed by atoms with van der Waals surface area (Å²) < 4.78 is 1.56. The van der Waals surface area contributed by atoms with Crippen molar-refractivity contribution in [3.63, 3.8) is 0 Å². The number of anilines is 1. The van der Waals surface area contributed by atoms with Crippen LogP contribution < -0.4 is 5.32 Å². The third-order valence-electron chi connectivity index (χ3n) is 2.86. The molecule has 5 heteroatoms. The van der Waals surface area contributed by atoms with Crippen LogP contribution >= 0.6 is 43.5 Å². The average molecular weight is 418 g/mol. The maximum atomic E-state index is 12.3. The fraction of sp³-hybridized carbons (Fsp3) is 0.133. The molecule has 0 aliphatic carbocycles. The lowest BCUT2D eigenvalue weighted by Crippen LogP contribution is -2.13. The largest absolute Gasteiger partial charge is 0.321 e. The minimum Gasteiger partial charge on any atom is -0.321 e. The molecule has 0 saturated carbocycles. The Morgan fingerprint density at radius 1 is 1.10 bits per heavy atom. The quantitative estimate of drug-likeness (QED) is 0.664. The van der Waals surface area contributed by atoms with E-state index in [1.54, 1.807) is 6.07 Å². The fourth-order valence-corrected chi connectivity index (χ4v) is 2.89. The molecule has 0 aliphatic heterocycles. The van der Waals surface area contributed by atoms with Crippen LogP contribution in [0.4, 0.5) is 5.69 Å². The number of rotatable bonds is 2. The summed E-state index contributed by atoms with van der Waals surface area (Å²) in [6.45, 7) is 3.86. The third kappa shape index (κ3) is 3.43. The van der Waals surface area contributed by atoms with E-state index in [2.05, 4.69) is 37.2 Å². The molecule has 104 valence electrons. The first kappa shape index (κ1) is 15.5. The minimum atomic E-state index is -0.179. The normalized spacial score (nSPS) is 10.4. The highest BCUT2D eigenvalue weighted by Crippen LogP contribution is 2.30. The molecular formula is C15H12Br2ClNO. The predicted octanol–water partition coefficient (Wildman–Crippen LogP) is 5.73. The molecule has 2 rings (SSSR count). The molecule has 2 aromatic rings. The Hall–Kier alpha value is -0.840. The fourth-order valence-electron chi connectivity index (χ4n) is 1.74. The summed E-state index contributed by atoms with van der Waals surface area (Å²) in [5, 5.41) is 3.48. The summed E-state index contributed by atoms with van der Waals surface area (Å²) in [6, 6.07) is 9.26. The second kappa shape index (κ2) is 6.29. The lowest BCUT2D eigenvalue weighted by molar-refractivity contribution is 0.102. The predicted molar refractivity (Wildman–Crippen MR) is 90.7 cm³/mol. The van der Waals surface area contributed by atoms with Gasteiger partial charge in [0.2, 0.25) is 0 Å². The van der Waals surface area contributed by atoms with Crippen LogP contribution in [0.2, 0.25) is 5.02 Å². The van der Waals surface area contributed by atoms with Gasteiger partial charge in [-0.15, -0.1) is 0 Å². The van der Waals surface area contributed by atoms with Gasteiger partial charge in [0.25, 0.3) is 5.91 Å². The number of amides is 1. The van der Waals surface area contributed by atoms with Gasteiger partial charge in [-0.05, 0) is 75.5 Å². The number of carbonyl (C=O) groups excluding carboxylic acids is 1. The van der Waals surface area contributed by atoms with Gasteiger partial charge in [0.05, 0.1) is 11.3 Å². The van der Waals surface area contributed by atoms with Crippen molar-refractivity contribution >= 4 is 55.1 Å². The van der Waals surface area contributed by atoms with Gasteiger partial charge < -0.3 is 5.32 Å². The molecule has 20 heavy (non-hydrogen) atoms. The second-order valence-corrected chi connectivity index (χ2v) is 6.63. The highest BCUT2D eigenvalue weighted by atomic mass is 79.9. The van der Waals surface area contributed by atoms with Gasteiger partial charge >= 0.3 is 0 Å². The molecule has 0 atom stereocenters. The van der Waals surface area contributed by atoms with Crippen molar-refractivity contribution in [2.75, 3.05) is 5.32 Å². The number of nitrogens with one attached hydrogen (secondary N) is 1. The second-order valence-electron chi connectivity index (χ2n) is 4.52. The van der Waals surface area contributed by atoms with Gasteiger partial charge in [0.15, 0.2) is 0 Å². The summed E-state index contributed by atoms with van der Waals surface area (Å²) in [7, 11) is 0. The van der Waals surface area contributed by atoms with Crippen molar-refractivity contribution in [2.45, 2.75) is 13.8 Å². The zero-order valence-electron chi connectivity index (χ0n) is 10.9. The van der Waals surface area contributed by atoms with Crippen LogP contribution in [0.5, 0.6) is 0 Å². The van der Waals surface area contributed by atoms with Crippen LogP contribution in [0, 0.1) is 13.8 Å². The molecule has 0 aromatic heterocycles. The van der Waals surface area contributed by atoms with Gasteiger partial charge in [0.1, 0.15) is 0 Å². The molecule has 0 fully saturated rings. The Balaban J connectivity index is 2.32. The van der Waals surface area contributed by atoms with Crippen LogP contribution in [-0.2, 0) is 0 Å². The number of benzene rings is 2. The molecule has 0 unspecified atom stereocenters. The molecule has 2 aromatic carbocycles. The van der Waals surface area contributed by atoms with Crippen LogP contribution in [0.1, 0.15) is 21.5 Å². The number of carbonyl (C=O) groups is 1. The first-order valence-electron chi connectivity index (χ1n) is 5.91. The van der Waals surface area contributed by atoms with Crippen molar-refractivity contribution in [3.05, 3.63) is 61.0 Å². The van der Waals surface area contributed by atoms with Gasteiger partial charge in [0, 0.05) is 14.0 Å². The van der Waals surface area contributed by atoms with E-state index in [1.807, 2.05) is 38.1 Å². The van der Waals surface area contributed by atoms with Crippen LogP contribution in [0.15, 0.2) is 39.3 Å². The van der Waals surface area contributed by atoms with Gasteiger partial charge in [-0.25, -0.2) is 0 Å². The van der Waals surface area contributed by atoms with Crippen molar-refractivity contribution in [1.82, 2.24) is 0 Å². The Kier molecular flexibility index (Phi) is 4.89. The Bertz CT molecular complexity index is 686. The number of hydrogen-bond donors (Lipinski definition) is 1. The van der Waals surface area contributed by atoms with Crippen LogP contribution in [0.25, 0.3) is 0 Å². The topological polar surface area (TPSA) is 29.1 Å². The van der Waals surface area contributed by atoms with Crippen molar-refractivity contribution < 1.29 is 4.79 Å². The van der Waals surface area contributed by atoms with Crippen LogP contribution in [0.3, 0.4) is 0 Å². The van der Waals surface area contributed by atoms with Crippen molar-refractivity contribution in [1.29, 1.82) is 0 Å². The molecule has 0 saturated heterocycles. The van der Waals surface area contributed by atoms with E-state index in [9.17, 15) is 4.79 Å². The van der Waals surface area contributed by atoms with E-state index < -0.39 is 0 Å². The first-order valence-corrected chi connectivity index (χ1v) is 7.88. The number of aryl methyl sites for hydroxylation is 2. The highest BCUT2D eigenvalue weighted by molar-refractivity contribution is 9.11. The molecule has 2 nitrogen and oxygen atoms in total. The first-order chi connectivity index (χ1) is 9.38. The van der Waals surface area contributed by atoms with E-state index in [1.165, 1.54) is 0 Å². The van der Waals surface area contributed by atoms with Gasteiger partial charge in [-0.2, -0.15) is 0 Å². The molecule has 1 N–H and O–H groups in total. The molecular weight excluding hydrogens is 405 g/mol. The summed E-state index contributed by atoms with van der Waals surface area (Å²) in [5.74, 6) is -0.179. The Morgan fingerprint density at radius 2 is 1.80 bits per heavy atom. The summed E-state index contributed by atoms with van der Waals surface area (Å²) >= 11 is 12.9. The molecule has 1 amide bonds. The SMILES string of the molecule is Cc1ccc(Br)c(C(=O)Nc2cc(Cl)c(C)cc2Br)c1. The summed E-state index contributed by atoms with van der Waals surface area (Å²) in [6.07, 6.45) is 0. The van der Waals surface area contributed by atoms with E-state index in [-0.39, 0.29) is 5.91 Å². The monoisotopic (exact) mass is 415 g/mol. The highest BCUT2D eigenvalue weighted by Gasteiger charge is 2.13. The van der Waals surface area contributed by atoms with E-state index in [0.29, 0.717) is 16.3 Å². The standard InChI is InChI=1S/C15H12Br2ClNO/c1-8-3-4-11(16)10(5-8)15(20)19-14-7-13(18)9(2)6-12(14)17/h3-7H,1-2H3,(H,19,20). The zero-order valence-corrected chi connectivity index (χ0v) is 14.9. The lowest BCUT2D eigenvalue weighted by atomic mass is 10.1. The minimum absolute atomic E-state index is 0.179. The molecule has 0 bridgehead atoms. The average Bonchev–Trinajstić information content (AvgIpc) is 2.38. The maximum Gasteiger partial charge on any atom is 0.256 e. The van der Waals surface area contributed by atoms with Gasteiger partial charge in [-0.3, -0.25) is 4.79 Å².